The number of carbonyl (C=O) groups excluding carboxylic acids is 2. The van der Waals surface area contributed by atoms with E-state index in [1.54, 1.807) is 23.6 Å². The van der Waals surface area contributed by atoms with Crippen LogP contribution < -0.4 is 4.80 Å². The fourth-order valence-electron chi connectivity index (χ4n) is 3.64. The van der Waals surface area contributed by atoms with Crippen molar-refractivity contribution >= 4 is 33.4 Å². The minimum atomic E-state index is -0.431. The van der Waals surface area contributed by atoms with Crippen LogP contribution in [0.2, 0.25) is 0 Å². The molecule has 0 N–H and O–H groups in total. The molecule has 3 aromatic rings. The third-order valence-corrected chi connectivity index (χ3v) is 6.07. The van der Waals surface area contributed by atoms with E-state index in [0.717, 1.165) is 19.3 Å². The number of fused-ring (bicyclic) bond motifs is 2. The van der Waals surface area contributed by atoms with Gasteiger partial charge in [-0.15, -0.1) is 0 Å². The minimum Gasteiger partial charge on any atom is -0.465 e. The van der Waals surface area contributed by atoms with E-state index < -0.39 is 5.97 Å². The fourth-order valence-corrected chi connectivity index (χ4v) is 4.69. The Bertz CT molecular complexity index is 1160. The van der Waals surface area contributed by atoms with E-state index in [1.807, 2.05) is 12.1 Å². The Balaban J connectivity index is 1.76. The van der Waals surface area contributed by atoms with Crippen LogP contribution in [0.4, 0.5) is 4.39 Å². The summed E-state index contributed by atoms with van der Waals surface area (Å²) in [6, 6.07) is 10.0. The van der Waals surface area contributed by atoms with Crippen molar-refractivity contribution in [3.8, 4) is 0 Å². The summed E-state index contributed by atoms with van der Waals surface area (Å²) in [5.41, 5.74) is 3.66. The average molecular weight is 412 g/mol. The molecule has 0 atom stereocenters. The number of carbonyl (C=O) groups is 2. The number of thiazole rings is 1. The molecule has 0 unspecified atom stereocenters. The molecule has 1 aliphatic carbocycles. The molecule has 1 aliphatic rings. The van der Waals surface area contributed by atoms with Crippen molar-refractivity contribution < 1.29 is 18.7 Å². The number of ether oxygens (including phenoxy) is 1. The molecule has 29 heavy (non-hydrogen) atoms. The Labute approximate surface area is 171 Å². The first-order valence-corrected chi connectivity index (χ1v) is 10.5. The van der Waals surface area contributed by atoms with Gasteiger partial charge in [-0.05, 0) is 74.1 Å². The number of aryl methyl sites for hydroxylation is 2. The molecule has 0 fully saturated rings. The zero-order valence-electron chi connectivity index (χ0n) is 16.1. The normalized spacial score (nSPS) is 14.1. The third kappa shape index (κ3) is 4.15. The highest BCUT2D eigenvalue weighted by Gasteiger charge is 2.15. The Hall–Kier alpha value is -2.80. The molecular weight excluding hydrogens is 391 g/mol. The summed E-state index contributed by atoms with van der Waals surface area (Å²) in [7, 11) is 0. The summed E-state index contributed by atoms with van der Waals surface area (Å²) in [5.74, 6) is -1.18. The molecule has 1 amide bonds. The topological polar surface area (TPSA) is 60.7 Å². The van der Waals surface area contributed by atoms with Gasteiger partial charge in [-0.2, -0.15) is 4.99 Å². The number of halogens is 1. The number of benzene rings is 2. The van der Waals surface area contributed by atoms with Crippen LogP contribution >= 0.6 is 11.3 Å². The van der Waals surface area contributed by atoms with E-state index >= 15 is 0 Å². The van der Waals surface area contributed by atoms with E-state index in [1.165, 1.54) is 41.0 Å². The predicted octanol–water partition coefficient (Wildman–Crippen LogP) is 4.02. The number of aromatic nitrogens is 1. The second kappa shape index (κ2) is 8.29. The molecule has 7 heteroatoms. The van der Waals surface area contributed by atoms with Crippen LogP contribution in [0.15, 0.2) is 41.4 Å². The van der Waals surface area contributed by atoms with Gasteiger partial charge in [-0.25, -0.2) is 4.39 Å². The highest BCUT2D eigenvalue weighted by atomic mass is 32.1. The van der Waals surface area contributed by atoms with Crippen molar-refractivity contribution in [1.82, 2.24) is 4.57 Å². The molecule has 0 bridgehead atoms. The van der Waals surface area contributed by atoms with E-state index in [2.05, 4.69) is 4.99 Å². The lowest BCUT2D eigenvalue weighted by Crippen LogP contribution is -2.23. The van der Waals surface area contributed by atoms with Gasteiger partial charge in [0.15, 0.2) is 4.80 Å². The Morgan fingerprint density at radius 3 is 2.72 bits per heavy atom. The van der Waals surface area contributed by atoms with Gasteiger partial charge in [0.25, 0.3) is 5.91 Å². The van der Waals surface area contributed by atoms with Gasteiger partial charge in [0.2, 0.25) is 0 Å². The van der Waals surface area contributed by atoms with Gasteiger partial charge in [0.05, 0.1) is 16.8 Å². The molecule has 4 rings (SSSR count). The van der Waals surface area contributed by atoms with Crippen LogP contribution in [0.25, 0.3) is 10.2 Å². The number of nitrogens with zero attached hydrogens (tertiary/aromatic N) is 2. The van der Waals surface area contributed by atoms with Gasteiger partial charge in [-0.3, -0.25) is 9.59 Å². The van der Waals surface area contributed by atoms with Crippen LogP contribution in [0.5, 0.6) is 0 Å². The lowest BCUT2D eigenvalue weighted by molar-refractivity contribution is -0.143. The standard InChI is InChI=1S/C22H21FN2O3S/c1-2-28-20(26)13-25-18-10-9-17(23)12-19(18)29-22(25)24-21(27)16-8-7-14-5-3-4-6-15(14)11-16/h7-12H,2-6,13H2,1H3. The first-order chi connectivity index (χ1) is 14.0. The van der Waals surface area contributed by atoms with Crippen LogP contribution in [0.1, 0.15) is 41.3 Å². The number of rotatable bonds is 4. The minimum absolute atomic E-state index is 0.0875. The highest BCUT2D eigenvalue weighted by Crippen LogP contribution is 2.23. The van der Waals surface area contributed by atoms with Gasteiger partial charge < -0.3 is 9.30 Å². The summed E-state index contributed by atoms with van der Waals surface area (Å²) in [6.45, 7) is 1.90. The summed E-state index contributed by atoms with van der Waals surface area (Å²) in [6.07, 6.45) is 4.32. The quantitative estimate of drug-likeness (QED) is 0.608. The lowest BCUT2D eigenvalue weighted by atomic mass is 9.90. The van der Waals surface area contributed by atoms with E-state index in [0.29, 0.717) is 20.6 Å². The molecule has 0 radical (unpaired) electrons. The molecule has 0 aliphatic heterocycles. The monoisotopic (exact) mass is 412 g/mol. The van der Waals surface area contributed by atoms with E-state index in [4.69, 9.17) is 4.74 Å². The van der Waals surface area contributed by atoms with E-state index in [9.17, 15) is 14.0 Å². The largest absolute Gasteiger partial charge is 0.465 e. The zero-order chi connectivity index (χ0) is 20.4. The molecule has 2 aromatic carbocycles. The molecule has 0 saturated carbocycles. The van der Waals surface area contributed by atoms with E-state index in [-0.39, 0.29) is 24.9 Å². The van der Waals surface area contributed by atoms with Crippen LogP contribution in [0, 0.1) is 5.82 Å². The molecule has 0 saturated heterocycles. The second-order valence-corrected chi connectivity index (χ2v) is 8.00. The maximum absolute atomic E-state index is 13.7. The maximum Gasteiger partial charge on any atom is 0.326 e. The third-order valence-electron chi connectivity index (χ3n) is 5.03. The number of amides is 1. The summed E-state index contributed by atoms with van der Waals surface area (Å²) in [5, 5.41) is 0. The van der Waals surface area contributed by atoms with Crippen molar-refractivity contribution in [1.29, 1.82) is 0 Å². The van der Waals surface area contributed by atoms with Crippen molar-refractivity contribution in [2.75, 3.05) is 6.61 Å². The van der Waals surface area contributed by atoms with Gasteiger partial charge in [0, 0.05) is 5.56 Å². The van der Waals surface area contributed by atoms with Crippen molar-refractivity contribution in [3.05, 3.63) is 63.7 Å². The number of hydrogen-bond acceptors (Lipinski definition) is 4. The first-order valence-electron chi connectivity index (χ1n) is 9.70. The summed E-state index contributed by atoms with van der Waals surface area (Å²) >= 11 is 1.18. The summed E-state index contributed by atoms with van der Waals surface area (Å²) < 4.78 is 20.9. The number of esters is 1. The first kappa shape index (κ1) is 19.5. The smallest absolute Gasteiger partial charge is 0.326 e. The van der Waals surface area contributed by atoms with Crippen LogP contribution in [-0.2, 0) is 28.9 Å². The molecule has 5 nitrogen and oxygen atoms in total. The summed E-state index contributed by atoms with van der Waals surface area (Å²) in [4.78, 5) is 29.5. The van der Waals surface area contributed by atoms with Gasteiger partial charge in [0.1, 0.15) is 12.4 Å². The molecule has 1 heterocycles. The molecular formula is C22H21FN2O3S. The molecule has 1 aromatic heterocycles. The molecule has 0 spiro atoms. The Morgan fingerprint density at radius 1 is 1.14 bits per heavy atom. The second-order valence-electron chi connectivity index (χ2n) is 7.00. The fraction of sp³-hybridized carbons (Fsp3) is 0.318. The Morgan fingerprint density at radius 2 is 1.93 bits per heavy atom. The van der Waals surface area contributed by atoms with Crippen LogP contribution in [-0.4, -0.2) is 23.1 Å². The Kier molecular flexibility index (Phi) is 5.58. The van der Waals surface area contributed by atoms with Gasteiger partial charge >= 0.3 is 5.97 Å². The van der Waals surface area contributed by atoms with Crippen LogP contribution in [0.3, 0.4) is 0 Å². The average Bonchev–Trinajstić information content (AvgIpc) is 3.03. The molecule has 150 valence electrons. The predicted molar refractivity (Wildman–Crippen MR) is 109 cm³/mol. The highest BCUT2D eigenvalue weighted by molar-refractivity contribution is 7.16. The SMILES string of the molecule is CCOC(=O)Cn1c(=NC(=O)c2ccc3c(c2)CCCC3)sc2cc(F)ccc21. The van der Waals surface area contributed by atoms with Crippen molar-refractivity contribution in [3.63, 3.8) is 0 Å². The van der Waals surface area contributed by atoms with Gasteiger partial charge in [-0.1, -0.05) is 17.4 Å². The number of hydrogen-bond donors (Lipinski definition) is 0. The van der Waals surface area contributed by atoms with Crippen molar-refractivity contribution in [2.24, 2.45) is 4.99 Å². The van der Waals surface area contributed by atoms with Crippen molar-refractivity contribution in [2.45, 2.75) is 39.2 Å². The maximum atomic E-state index is 13.7. The zero-order valence-corrected chi connectivity index (χ0v) is 16.9. The lowest BCUT2D eigenvalue weighted by Gasteiger charge is -2.15.